The van der Waals surface area contributed by atoms with E-state index >= 15 is 0 Å². The highest BCUT2D eigenvalue weighted by atomic mass is 35.5. The average molecular weight is 398 g/mol. The van der Waals surface area contributed by atoms with E-state index in [9.17, 15) is 8.42 Å². The third kappa shape index (κ3) is 5.68. The minimum absolute atomic E-state index is 0.0365. The Morgan fingerprint density at radius 1 is 1.16 bits per heavy atom. The first kappa shape index (κ1) is 19.1. The van der Waals surface area contributed by atoms with Gasteiger partial charge in [0.05, 0.1) is 22.4 Å². The van der Waals surface area contributed by atoms with Gasteiger partial charge in [-0.1, -0.05) is 29.8 Å². The molecule has 0 N–H and O–H groups in total. The van der Waals surface area contributed by atoms with Gasteiger partial charge in [-0.25, -0.2) is 8.42 Å². The van der Waals surface area contributed by atoms with Gasteiger partial charge in [-0.2, -0.15) is 5.26 Å². The maximum Gasteiger partial charge on any atom is 0.174 e. The van der Waals surface area contributed by atoms with E-state index in [-0.39, 0.29) is 18.1 Å². The molecule has 2 rings (SSSR count). The highest BCUT2D eigenvalue weighted by molar-refractivity contribution is 7.94. The Kier molecular flexibility index (Phi) is 6.32. The Balaban J connectivity index is 2.15. The SMILES string of the molecule is C=CS(=O)(=O)CCOc1ccc(Cl)c(Oc2cc(Cl)cc(C#N)c2)c1. The zero-order chi connectivity index (χ0) is 18.4. The number of hydrogen-bond acceptors (Lipinski definition) is 5. The summed E-state index contributed by atoms with van der Waals surface area (Å²) in [5, 5.41) is 10.5. The second kappa shape index (κ2) is 8.26. The summed E-state index contributed by atoms with van der Waals surface area (Å²) >= 11 is 12.0. The monoisotopic (exact) mass is 397 g/mol. The van der Waals surface area contributed by atoms with Crippen molar-refractivity contribution in [2.75, 3.05) is 12.4 Å². The number of ether oxygens (including phenoxy) is 2. The van der Waals surface area contributed by atoms with E-state index in [0.717, 1.165) is 5.41 Å². The van der Waals surface area contributed by atoms with Crippen molar-refractivity contribution >= 4 is 33.0 Å². The lowest BCUT2D eigenvalue weighted by Gasteiger charge is -2.11. The predicted molar refractivity (Wildman–Crippen MR) is 97.2 cm³/mol. The van der Waals surface area contributed by atoms with Crippen LogP contribution >= 0.6 is 23.2 Å². The number of benzene rings is 2. The summed E-state index contributed by atoms with van der Waals surface area (Å²) in [6, 6.07) is 11.2. The standard InChI is InChI=1S/C17H13Cl2NO4S/c1-2-25(21,22)6-5-23-14-3-4-16(19)17(10-14)24-15-8-12(11-20)7-13(18)9-15/h2-4,7-10H,1,5-6H2. The van der Waals surface area contributed by atoms with E-state index in [2.05, 4.69) is 6.58 Å². The highest BCUT2D eigenvalue weighted by Gasteiger charge is 2.09. The molecule has 0 amide bonds. The molecule has 0 spiro atoms. The van der Waals surface area contributed by atoms with Crippen LogP contribution in [0.25, 0.3) is 0 Å². The van der Waals surface area contributed by atoms with Gasteiger partial charge in [0.15, 0.2) is 9.84 Å². The number of sulfone groups is 1. The summed E-state index contributed by atoms with van der Waals surface area (Å²) in [5.41, 5.74) is 0.348. The van der Waals surface area contributed by atoms with Gasteiger partial charge < -0.3 is 9.47 Å². The Bertz CT molecular complexity index is 936. The van der Waals surface area contributed by atoms with E-state index in [1.54, 1.807) is 18.2 Å². The van der Waals surface area contributed by atoms with Crippen LogP contribution in [-0.4, -0.2) is 20.8 Å². The maximum absolute atomic E-state index is 11.4. The van der Waals surface area contributed by atoms with Crippen molar-refractivity contribution in [3.05, 3.63) is 64.0 Å². The van der Waals surface area contributed by atoms with Crippen LogP contribution in [0.15, 0.2) is 48.4 Å². The fourth-order valence-corrected chi connectivity index (χ4v) is 2.69. The van der Waals surface area contributed by atoms with E-state index in [1.165, 1.54) is 18.2 Å². The first-order valence-corrected chi connectivity index (χ1v) is 9.46. The van der Waals surface area contributed by atoms with Crippen LogP contribution in [0, 0.1) is 11.3 Å². The summed E-state index contributed by atoms with van der Waals surface area (Å²) in [6.45, 7) is 3.20. The normalized spacial score (nSPS) is 10.8. The van der Waals surface area contributed by atoms with Crippen molar-refractivity contribution in [1.82, 2.24) is 0 Å². The molecule has 0 atom stereocenters. The summed E-state index contributed by atoms with van der Waals surface area (Å²) in [4.78, 5) is 0. The molecule has 0 saturated carbocycles. The minimum Gasteiger partial charge on any atom is -0.492 e. The lowest BCUT2D eigenvalue weighted by molar-refractivity contribution is 0.339. The number of nitriles is 1. The first-order chi connectivity index (χ1) is 11.8. The van der Waals surface area contributed by atoms with Crippen LogP contribution in [0.5, 0.6) is 17.2 Å². The number of hydrogen-bond donors (Lipinski definition) is 0. The van der Waals surface area contributed by atoms with Crippen molar-refractivity contribution in [3.63, 3.8) is 0 Å². The highest BCUT2D eigenvalue weighted by Crippen LogP contribution is 2.34. The zero-order valence-electron chi connectivity index (χ0n) is 12.9. The van der Waals surface area contributed by atoms with Gasteiger partial charge in [0.2, 0.25) is 0 Å². The molecule has 0 aliphatic rings. The van der Waals surface area contributed by atoms with E-state index in [1.807, 2.05) is 6.07 Å². The molecular weight excluding hydrogens is 385 g/mol. The molecule has 0 aliphatic heterocycles. The Morgan fingerprint density at radius 2 is 1.92 bits per heavy atom. The van der Waals surface area contributed by atoms with Crippen molar-refractivity contribution < 1.29 is 17.9 Å². The van der Waals surface area contributed by atoms with Crippen molar-refractivity contribution in [2.45, 2.75) is 0 Å². The van der Waals surface area contributed by atoms with Gasteiger partial charge in [-0.15, -0.1) is 0 Å². The molecule has 0 aromatic heterocycles. The number of halogens is 2. The van der Waals surface area contributed by atoms with Gasteiger partial charge in [-0.3, -0.25) is 0 Å². The largest absolute Gasteiger partial charge is 0.492 e. The van der Waals surface area contributed by atoms with Gasteiger partial charge in [0, 0.05) is 16.5 Å². The zero-order valence-corrected chi connectivity index (χ0v) is 15.2. The summed E-state index contributed by atoms with van der Waals surface area (Å²) < 4.78 is 33.8. The molecular formula is C17H13Cl2NO4S. The van der Waals surface area contributed by atoms with Crippen LogP contribution in [0.1, 0.15) is 5.56 Å². The molecule has 0 radical (unpaired) electrons. The third-order valence-electron chi connectivity index (χ3n) is 3.02. The topological polar surface area (TPSA) is 76.4 Å². The van der Waals surface area contributed by atoms with E-state index < -0.39 is 9.84 Å². The molecule has 130 valence electrons. The number of rotatable bonds is 7. The third-order valence-corrected chi connectivity index (χ3v) is 4.80. The molecule has 8 heteroatoms. The van der Waals surface area contributed by atoms with E-state index in [4.69, 9.17) is 37.9 Å². The van der Waals surface area contributed by atoms with Gasteiger partial charge >= 0.3 is 0 Å². The van der Waals surface area contributed by atoms with Crippen LogP contribution in [-0.2, 0) is 9.84 Å². The Hall–Kier alpha value is -2.20. The second-order valence-electron chi connectivity index (χ2n) is 4.86. The summed E-state index contributed by atoms with van der Waals surface area (Å²) in [5.74, 6) is 0.838. The second-order valence-corrected chi connectivity index (χ2v) is 7.77. The van der Waals surface area contributed by atoms with Crippen molar-refractivity contribution in [3.8, 4) is 23.3 Å². The maximum atomic E-state index is 11.4. The van der Waals surface area contributed by atoms with Crippen LogP contribution < -0.4 is 9.47 Å². The fraction of sp³-hybridized carbons (Fsp3) is 0.118. The Labute approximate surface area is 155 Å². The number of nitrogens with zero attached hydrogens (tertiary/aromatic N) is 1. The van der Waals surface area contributed by atoms with Crippen LogP contribution in [0.3, 0.4) is 0 Å². The van der Waals surface area contributed by atoms with Crippen LogP contribution in [0.4, 0.5) is 0 Å². The molecule has 2 aromatic rings. The molecule has 0 bridgehead atoms. The molecule has 25 heavy (non-hydrogen) atoms. The fourth-order valence-electron chi connectivity index (χ4n) is 1.82. The van der Waals surface area contributed by atoms with Gasteiger partial charge in [0.25, 0.3) is 0 Å². The van der Waals surface area contributed by atoms with Crippen molar-refractivity contribution in [2.24, 2.45) is 0 Å². The molecule has 5 nitrogen and oxygen atoms in total. The van der Waals surface area contributed by atoms with Crippen LogP contribution in [0.2, 0.25) is 10.0 Å². The minimum atomic E-state index is -3.33. The van der Waals surface area contributed by atoms with Crippen molar-refractivity contribution in [1.29, 1.82) is 5.26 Å². The average Bonchev–Trinajstić information content (AvgIpc) is 2.57. The lowest BCUT2D eigenvalue weighted by Crippen LogP contribution is -2.11. The van der Waals surface area contributed by atoms with Gasteiger partial charge in [0.1, 0.15) is 23.9 Å². The quantitative estimate of drug-likeness (QED) is 0.682. The van der Waals surface area contributed by atoms with E-state index in [0.29, 0.717) is 27.1 Å². The molecule has 0 fully saturated rings. The molecule has 0 heterocycles. The molecule has 0 saturated heterocycles. The summed E-state index contributed by atoms with van der Waals surface area (Å²) in [7, 11) is -3.33. The first-order valence-electron chi connectivity index (χ1n) is 6.99. The predicted octanol–water partition coefficient (Wildman–Crippen LogP) is 4.59. The Morgan fingerprint density at radius 3 is 2.60 bits per heavy atom. The molecule has 0 unspecified atom stereocenters. The smallest absolute Gasteiger partial charge is 0.174 e. The summed E-state index contributed by atoms with van der Waals surface area (Å²) in [6.07, 6.45) is 0. The molecule has 0 aliphatic carbocycles. The molecule has 2 aromatic carbocycles. The lowest BCUT2D eigenvalue weighted by atomic mass is 10.2. The van der Waals surface area contributed by atoms with Gasteiger partial charge in [-0.05, 0) is 30.3 Å².